The van der Waals surface area contributed by atoms with Crippen molar-refractivity contribution in [2.75, 3.05) is 27.2 Å². The van der Waals surface area contributed by atoms with E-state index in [2.05, 4.69) is 41.1 Å². The molecule has 1 aliphatic rings. The molecule has 2 heterocycles. The summed E-state index contributed by atoms with van der Waals surface area (Å²) in [7, 11) is 3.94. The first-order valence-corrected chi connectivity index (χ1v) is 9.36. The molecule has 0 aliphatic carbocycles. The van der Waals surface area contributed by atoms with Crippen molar-refractivity contribution in [1.29, 1.82) is 0 Å². The number of hydrogen-bond donors (Lipinski definition) is 0. The number of hydrogen-bond acceptors (Lipinski definition) is 5. The number of carbonyl (C=O) groups excluding carboxylic acids is 1. The van der Waals surface area contributed by atoms with Crippen molar-refractivity contribution < 1.29 is 9.32 Å². The highest BCUT2D eigenvalue weighted by Gasteiger charge is 2.43. The first-order chi connectivity index (χ1) is 12.5. The Morgan fingerprint density at radius 1 is 1.27 bits per heavy atom. The topological polar surface area (TPSA) is 62.5 Å². The zero-order chi connectivity index (χ0) is 18.6. The number of likely N-dealkylation sites (N-methyl/N-ethyl adjacent to an activating group) is 1. The molecule has 0 unspecified atom stereocenters. The van der Waals surface area contributed by atoms with Gasteiger partial charge in [-0.25, -0.2) is 0 Å². The first-order valence-electron chi connectivity index (χ1n) is 9.36. The van der Waals surface area contributed by atoms with Gasteiger partial charge in [0.15, 0.2) is 5.82 Å². The van der Waals surface area contributed by atoms with Gasteiger partial charge in [-0.2, -0.15) is 4.98 Å². The highest BCUT2D eigenvalue weighted by atomic mass is 16.5. The van der Waals surface area contributed by atoms with Crippen LogP contribution in [-0.2, 0) is 23.2 Å². The third kappa shape index (κ3) is 3.80. The van der Waals surface area contributed by atoms with Crippen LogP contribution in [-0.4, -0.2) is 53.0 Å². The number of benzene rings is 1. The van der Waals surface area contributed by atoms with E-state index < -0.39 is 5.41 Å². The largest absolute Gasteiger partial charge is 0.337 e. The molecule has 1 aromatic carbocycles. The number of likely N-dealkylation sites (tertiary alicyclic amines) is 1. The molecule has 0 N–H and O–H groups in total. The van der Waals surface area contributed by atoms with Gasteiger partial charge in [0.2, 0.25) is 11.8 Å². The highest BCUT2D eigenvalue weighted by molar-refractivity contribution is 5.88. The lowest BCUT2D eigenvalue weighted by atomic mass is 9.71. The van der Waals surface area contributed by atoms with Gasteiger partial charge in [0.05, 0.1) is 12.0 Å². The van der Waals surface area contributed by atoms with Gasteiger partial charge in [-0.1, -0.05) is 42.4 Å². The average molecular weight is 356 g/mol. The summed E-state index contributed by atoms with van der Waals surface area (Å²) in [4.78, 5) is 21.9. The third-order valence-electron chi connectivity index (χ3n) is 5.28. The van der Waals surface area contributed by atoms with Crippen molar-refractivity contribution in [3.8, 4) is 0 Å². The maximum atomic E-state index is 13.5. The smallest absolute Gasteiger partial charge is 0.246 e. The Kier molecular flexibility index (Phi) is 5.71. The molecule has 140 valence electrons. The molecule has 1 amide bonds. The fraction of sp³-hybridized carbons (Fsp3) is 0.550. The Morgan fingerprint density at radius 2 is 1.96 bits per heavy atom. The van der Waals surface area contributed by atoms with Crippen LogP contribution in [0.4, 0.5) is 0 Å². The van der Waals surface area contributed by atoms with E-state index in [1.54, 1.807) is 4.90 Å². The number of aromatic nitrogens is 2. The highest BCUT2D eigenvalue weighted by Crippen LogP contribution is 2.37. The molecule has 2 aromatic rings. The van der Waals surface area contributed by atoms with E-state index in [4.69, 9.17) is 4.52 Å². The minimum absolute atomic E-state index is 0.132. The lowest BCUT2D eigenvalue weighted by Crippen LogP contribution is -2.51. The van der Waals surface area contributed by atoms with E-state index in [0.29, 0.717) is 18.3 Å². The zero-order valence-corrected chi connectivity index (χ0v) is 15.9. The second-order valence-electron chi connectivity index (χ2n) is 7.27. The van der Waals surface area contributed by atoms with Crippen LogP contribution >= 0.6 is 0 Å². The molecule has 0 bridgehead atoms. The van der Waals surface area contributed by atoms with Crippen LogP contribution in [0.1, 0.15) is 43.5 Å². The molecule has 0 saturated carbocycles. The monoisotopic (exact) mass is 356 g/mol. The predicted molar refractivity (Wildman–Crippen MR) is 99.6 cm³/mol. The minimum Gasteiger partial charge on any atom is -0.337 e. The van der Waals surface area contributed by atoms with Crippen LogP contribution < -0.4 is 0 Å². The number of nitrogens with zero attached hydrogens (tertiary/aromatic N) is 4. The second kappa shape index (κ2) is 7.99. The van der Waals surface area contributed by atoms with Gasteiger partial charge in [0.1, 0.15) is 0 Å². The maximum Gasteiger partial charge on any atom is 0.246 e. The molecule has 26 heavy (non-hydrogen) atoms. The summed E-state index contributed by atoms with van der Waals surface area (Å²) in [5, 5.41) is 3.99. The van der Waals surface area contributed by atoms with Crippen molar-refractivity contribution >= 4 is 5.91 Å². The van der Waals surface area contributed by atoms with Crippen LogP contribution in [0.25, 0.3) is 0 Å². The van der Waals surface area contributed by atoms with Crippen LogP contribution in [0, 0.1) is 0 Å². The summed E-state index contributed by atoms with van der Waals surface area (Å²) in [5.74, 6) is 1.34. The van der Waals surface area contributed by atoms with E-state index >= 15 is 0 Å². The number of amides is 1. The van der Waals surface area contributed by atoms with Gasteiger partial charge >= 0.3 is 0 Å². The third-order valence-corrected chi connectivity index (χ3v) is 5.28. The summed E-state index contributed by atoms with van der Waals surface area (Å²) >= 11 is 0. The standard InChI is InChI=1S/C20H28N4O2/c1-4-8-17-21-18(26-22-17)15-24(3)19(25)20(11-13-23(2)14-12-20)16-9-6-5-7-10-16/h5-7,9-10H,4,8,11-15H2,1-3H3. The van der Waals surface area contributed by atoms with Crippen molar-refractivity contribution in [3.63, 3.8) is 0 Å². The molecule has 3 rings (SSSR count). The zero-order valence-electron chi connectivity index (χ0n) is 15.9. The molecule has 1 aliphatic heterocycles. The Bertz CT molecular complexity index is 720. The van der Waals surface area contributed by atoms with Crippen molar-refractivity contribution in [2.24, 2.45) is 0 Å². The maximum absolute atomic E-state index is 13.5. The Labute approximate surface area is 155 Å². The molecule has 0 radical (unpaired) electrons. The summed E-state index contributed by atoms with van der Waals surface area (Å²) in [5.41, 5.74) is 0.622. The van der Waals surface area contributed by atoms with Crippen LogP contribution in [0.3, 0.4) is 0 Å². The van der Waals surface area contributed by atoms with Crippen LogP contribution in [0.5, 0.6) is 0 Å². The SMILES string of the molecule is CCCc1noc(CN(C)C(=O)C2(c3ccccc3)CCN(C)CC2)n1. The first kappa shape index (κ1) is 18.6. The molecule has 1 fully saturated rings. The van der Waals surface area contributed by atoms with E-state index in [-0.39, 0.29) is 5.91 Å². The average Bonchev–Trinajstić information content (AvgIpc) is 3.10. The fourth-order valence-electron chi connectivity index (χ4n) is 3.70. The predicted octanol–water partition coefficient (Wildman–Crippen LogP) is 2.64. The molecule has 6 nitrogen and oxygen atoms in total. The van der Waals surface area contributed by atoms with Crippen LogP contribution in [0.2, 0.25) is 0 Å². The number of aryl methyl sites for hydroxylation is 1. The summed E-state index contributed by atoms with van der Waals surface area (Å²) < 4.78 is 5.32. The van der Waals surface area contributed by atoms with Gasteiger partial charge in [0, 0.05) is 13.5 Å². The van der Waals surface area contributed by atoms with Crippen molar-refractivity contribution in [1.82, 2.24) is 19.9 Å². The van der Waals surface area contributed by atoms with Gasteiger partial charge < -0.3 is 14.3 Å². The lowest BCUT2D eigenvalue weighted by molar-refractivity contribution is -0.139. The van der Waals surface area contributed by atoms with E-state index in [0.717, 1.165) is 44.3 Å². The molecule has 6 heteroatoms. The Balaban J connectivity index is 1.80. The summed E-state index contributed by atoms with van der Waals surface area (Å²) in [6, 6.07) is 10.2. The van der Waals surface area contributed by atoms with Gasteiger partial charge in [-0.15, -0.1) is 0 Å². The van der Waals surface area contributed by atoms with E-state index in [9.17, 15) is 4.79 Å². The number of carbonyl (C=O) groups is 1. The summed E-state index contributed by atoms with van der Waals surface area (Å²) in [6.07, 6.45) is 3.41. The fourth-order valence-corrected chi connectivity index (χ4v) is 3.70. The minimum atomic E-state index is -0.477. The normalized spacial score (nSPS) is 17.2. The van der Waals surface area contributed by atoms with Gasteiger partial charge in [-0.05, 0) is 45.0 Å². The summed E-state index contributed by atoms with van der Waals surface area (Å²) in [6.45, 7) is 4.25. The van der Waals surface area contributed by atoms with Crippen molar-refractivity contribution in [2.45, 2.75) is 44.6 Å². The lowest BCUT2D eigenvalue weighted by Gasteiger charge is -2.41. The molecular weight excluding hydrogens is 328 g/mol. The second-order valence-corrected chi connectivity index (χ2v) is 7.27. The Hall–Kier alpha value is -2.21. The van der Waals surface area contributed by atoms with E-state index in [1.165, 1.54) is 0 Å². The van der Waals surface area contributed by atoms with Gasteiger partial charge in [-0.3, -0.25) is 4.79 Å². The van der Waals surface area contributed by atoms with E-state index in [1.807, 2.05) is 25.2 Å². The number of piperidine rings is 1. The van der Waals surface area contributed by atoms with Crippen molar-refractivity contribution in [3.05, 3.63) is 47.6 Å². The number of rotatable bonds is 6. The molecule has 0 spiro atoms. The molecule has 0 atom stereocenters. The Morgan fingerprint density at radius 3 is 2.62 bits per heavy atom. The van der Waals surface area contributed by atoms with Gasteiger partial charge in [0.25, 0.3) is 0 Å². The quantitative estimate of drug-likeness (QED) is 0.796. The molecular formula is C20H28N4O2. The molecule has 1 saturated heterocycles. The van der Waals surface area contributed by atoms with Crippen LogP contribution in [0.15, 0.2) is 34.9 Å². The molecule has 1 aromatic heterocycles.